The molecule has 0 bridgehead atoms. The minimum Gasteiger partial charge on any atom is -0.496 e. The van der Waals surface area contributed by atoms with Crippen LogP contribution in [0.5, 0.6) is 5.75 Å². The van der Waals surface area contributed by atoms with Gasteiger partial charge in [0, 0.05) is 5.56 Å². The van der Waals surface area contributed by atoms with Crippen LogP contribution in [0.25, 0.3) is 0 Å². The number of aliphatic hydroxyl groups is 1. The zero-order chi connectivity index (χ0) is 13.8. The van der Waals surface area contributed by atoms with Gasteiger partial charge in [0.15, 0.2) is 0 Å². The zero-order valence-electron chi connectivity index (χ0n) is 10.9. The number of methoxy groups -OCH3 is 1. The van der Waals surface area contributed by atoms with Crippen LogP contribution in [0.2, 0.25) is 0 Å². The average molecular weight is 328 g/mol. The molecule has 2 atom stereocenters. The van der Waals surface area contributed by atoms with Crippen LogP contribution in [0, 0.1) is 0 Å². The van der Waals surface area contributed by atoms with Crippen molar-refractivity contribution < 1.29 is 14.6 Å². The van der Waals surface area contributed by atoms with E-state index in [0.29, 0.717) is 11.3 Å². The standard InChI is InChI=1S/C14H18BrNO3/c1-19-13-7-6-9(8-10(13)15)14(18)16-11-4-2-3-5-12(11)17/h6-8,11-12,17H,2-5H2,1H3,(H,16,18)/t11-,12-/m0/s1. The first kappa shape index (κ1) is 14.3. The smallest absolute Gasteiger partial charge is 0.251 e. The number of amides is 1. The highest BCUT2D eigenvalue weighted by atomic mass is 79.9. The van der Waals surface area contributed by atoms with Crippen molar-refractivity contribution in [1.29, 1.82) is 0 Å². The van der Waals surface area contributed by atoms with Crippen LogP contribution in [-0.4, -0.2) is 30.3 Å². The second-order valence-electron chi connectivity index (χ2n) is 4.78. The van der Waals surface area contributed by atoms with Crippen LogP contribution in [-0.2, 0) is 0 Å². The lowest BCUT2D eigenvalue weighted by Crippen LogP contribution is -2.45. The van der Waals surface area contributed by atoms with E-state index in [1.54, 1.807) is 25.3 Å². The van der Waals surface area contributed by atoms with E-state index in [0.717, 1.165) is 30.2 Å². The molecule has 1 saturated carbocycles. The lowest BCUT2D eigenvalue weighted by Gasteiger charge is -2.28. The van der Waals surface area contributed by atoms with Crippen molar-refractivity contribution in [2.24, 2.45) is 0 Å². The molecule has 0 aliphatic heterocycles. The summed E-state index contributed by atoms with van der Waals surface area (Å²) in [5.41, 5.74) is 0.561. The van der Waals surface area contributed by atoms with Crippen LogP contribution in [0.4, 0.5) is 0 Å². The number of rotatable bonds is 3. The van der Waals surface area contributed by atoms with Crippen LogP contribution in [0.1, 0.15) is 36.0 Å². The van der Waals surface area contributed by atoms with E-state index in [4.69, 9.17) is 4.74 Å². The van der Waals surface area contributed by atoms with E-state index in [1.165, 1.54) is 0 Å². The Hall–Kier alpha value is -1.07. The molecular weight excluding hydrogens is 310 g/mol. The number of carbonyl (C=O) groups excluding carboxylic acids is 1. The number of halogens is 1. The lowest BCUT2D eigenvalue weighted by molar-refractivity contribution is 0.0717. The monoisotopic (exact) mass is 327 g/mol. The maximum atomic E-state index is 12.1. The van der Waals surface area contributed by atoms with Crippen molar-refractivity contribution in [3.8, 4) is 5.75 Å². The topological polar surface area (TPSA) is 58.6 Å². The summed E-state index contributed by atoms with van der Waals surface area (Å²) in [7, 11) is 1.58. The number of hydrogen-bond acceptors (Lipinski definition) is 3. The van der Waals surface area contributed by atoms with Crippen LogP contribution in [0.15, 0.2) is 22.7 Å². The minimum atomic E-state index is -0.431. The largest absolute Gasteiger partial charge is 0.496 e. The summed E-state index contributed by atoms with van der Waals surface area (Å²) < 4.78 is 5.87. The molecule has 1 aliphatic carbocycles. The number of aliphatic hydroxyl groups excluding tert-OH is 1. The van der Waals surface area contributed by atoms with Crippen molar-refractivity contribution >= 4 is 21.8 Å². The first-order valence-electron chi connectivity index (χ1n) is 6.44. The second-order valence-corrected chi connectivity index (χ2v) is 5.64. The van der Waals surface area contributed by atoms with Crippen molar-refractivity contribution in [2.75, 3.05) is 7.11 Å². The third-order valence-electron chi connectivity index (χ3n) is 3.46. The van der Waals surface area contributed by atoms with E-state index in [1.807, 2.05) is 0 Å². The highest BCUT2D eigenvalue weighted by Gasteiger charge is 2.24. The van der Waals surface area contributed by atoms with Gasteiger partial charge in [-0.3, -0.25) is 4.79 Å². The Morgan fingerprint density at radius 2 is 2.16 bits per heavy atom. The molecule has 0 heterocycles. The highest BCUT2D eigenvalue weighted by Crippen LogP contribution is 2.26. The van der Waals surface area contributed by atoms with Gasteiger partial charge in [0.2, 0.25) is 0 Å². The molecule has 0 unspecified atom stereocenters. The fourth-order valence-corrected chi connectivity index (χ4v) is 2.88. The Balaban J connectivity index is 2.05. The van der Waals surface area contributed by atoms with E-state index in [2.05, 4.69) is 21.2 Å². The van der Waals surface area contributed by atoms with E-state index in [9.17, 15) is 9.90 Å². The van der Waals surface area contributed by atoms with Gasteiger partial charge >= 0.3 is 0 Å². The van der Waals surface area contributed by atoms with Crippen molar-refractivity contribution in [3.05, 3.63) is 28.2 Å². The molecule has 2 N–H and O–H groups in total. The quantitative estimate of drug-likeness (QED) is 0.896. The molecule has 0 saturated heterocycles. The first-order valence-corrected chi connectivity index (χ1v) is 7.23. The lowest BCUT2D eigenvalue weighted by atomic mass is 9.92. The van der Waals surface area contributed by atoms with Gasteiger partial charge in [-0.15, -0.1) is 0 Å². The van der Waals surface area contributed by atoms with Gasteiger partial charge in [0.05, 0.1) is 23.7 Å². The summed E-state index contributed by atoms with van der Waals surface area (Å²) in [4.78, 5) is 12.1. The first-order chi connectivity index (χ1) is 9.11. The van der Waals surface area contributed by atoms with Crippen molar-refractivity contribution in [1.82, 2.24) is 5.32 Å². The Bertz CT molecular complexity index is 464. The number of ether oxygens (including phenoxy) is 1. The van der Waals surface area contributed by atoms with Gasteiger partial charge in [-0.05, 0) is 47.0 Å². The molecule has 1 aromatic carbocycles. The summed E-state index contributed by atoms with van der Waals surface area (Å²) in [5, 5.41) is 12.8. The maximum absolute atomic E-state index is 12.1. The maximum Gasteiger partial charge on any atom is 0.251 e. The fraction of sp³-hybridized carbons (Fsp3) is 0.500. The van der Waals surface area contributed by atoms with Gasteiger partial charge in [0.25, 0.3) is 5.91 Å². The predicted octanol–water partition coefficient (Wildman–Crippen LogP) is 2.49. The Morgan fingerprint density at radius 3 is 2.79 bits per heavy atom. The van der Waals surface area contributed by atoms with Crippen molar-refractivity contribution in [2.45, 2.75) is 37.8 Å². The summed E-state index contributed by atoms with van der Waals surface area (Å²) in [5.74, 6) is 0.531. The molecule has 5 heteroatoms. The van der Waals surface area contributed by atoms with E-state index >= 15 is 0 Å². The molecule has 4 nitrogen and oxygen atoms in total. The van der Waals surface area contributed by atoms with Gasteiger partial charge < -0.3 is 15.2 Å². The van der Waals surface area contributed by atoms with Gasteiger partial charge in [-0.2, -0.15) is 0 Å². The molecular formula is C14H18BrNO3. The van der Waals surface area contributed by atoms with Gasteiger partial charge in [-0.1, -0.05) is 12.8 Å². The molecule has 0 radical (unpaired) electrons. The van der Waals surface area contributed by atoms with E-state index in [-0.39, 0.29) is 11.9 Å². The van der Waals surface area contributed by atoms with E-state index < -0.39 is 6.10 Å². The molecule has 1 amide bonds. The molecule has 1 aromatic rings. The second kappa shape index (κ2) is 6.39. The number of hydrogen-bond donors (Lipinski definition) is 2. The van der Waals surface area contributed by atoms with Crippen LogP contribution in [0.3, 0.4) is 0 Å². The molecule has 0 spiro atoms. The van der Waals surface area contributed by atoms with Crippen molar-refractivity contribution in [3.63, 3.8) is 0 Å². The molecule has 2 rings (SSSR count). The number of nitrogens with one attached hydrogen (secondary N) is 1. The third kappa shape index (κ3) is 3.48. The molecule has 104 valence electrons. The summed E-state index contributed by atoms with van der Waals surface area (Å²) in [6.45, 7) is 0. The molecule has 1 fully saturated rings. The third-order valence-corrected chi connectivity index (χ3v) is 4.08. The Kier molecular flexibility index (Phi) is 4.82. The number of carbonyl (C=O) groups is 1. The molecule has 1 aliphatic rings. The normalized spacial score (nSPS) is 22.9. The highest BCUT2D eigenvalue weighted by molar-refractivity contribution is 9.10. The fourth-order valence-electron chi connectivity index (χ4n) is 2.34. The zero-order valence-corrected chi connectivity index (χ0v) is 12.4. The minimum absolute atomic E-state index is 0.137. The predicted molar refractivity (Wildman–Crippen MR) is 76.4 cm³/mol. The summed E-state index contributed by atoms with van der Waals surface area (Å²) in [6.07, 6.45) is 3.25. The SMILES string of the molecule is COc1ccc(C(=O)N[C@H]2CCCC[C@@H]2O)cc1Br. The molecule has 0 aromatic heterocycles. The Morgan fingerprint density at radius 1 is 1.42 bits per heavy atom. The number of benzene rings is 1. The summed E-state index contributed by atoms with van der Waals surface area (Å²) >= 11 is 3.36. The van der Waals surface area contributed by atoms with Crippen LogP contribution < -0.4 is 10.1 Å². The molecule has 19 heavy (non-hydrogen) atoms. The average Bonchev–Trinajstić information content (AvgIpc) is 2.41. The van der Waals surface area contributed by atoms with Crippen LogP contribution >= 0.6 is 15.9 Å². The Labute approximate surface area is 121 Å². The van der Waals surface area contributed by atoms with Gasteiger partial charge in [0.1, 0.15) is 5.75 Å². The summed E-state index contributed by atoms with van der Waals surface area (Å²) in [6, 6.07) is 5.05. The van der Waals surface area contributed by atoms with Gasteiger partial charge in [-0.25, -0.2) is 0 Å².